The van der Waals surface area contributed by atoms with E-state index in [0.717, 1.165) is 5.56 Å². The molecule has 2 rings (SSSR count). The van der Waals surface area contributed by atoms with E-state index in [-0.39, 0.29) is 17.7 Å². The summed E-state index contributed by atoms with van der Waals surface area (Å²) in [5, 5.41) is 2.93. The Bertz CT molecular complexity index is 629. The third-order valence-corrected chi connectivity index (χ3v) is 3.29. The lowest BCUT2D eigenvalue weighted by atomic mass is 10.1. The number of ketones is 1. The molecule has 1 atom stereocenters. The molecule has 0 aliphatic heterocycles. The third-order valence-electron chi connectivity index (χ3n) is 3.29. The molecule has 2 aromatic rings. The molecule has 1 N–H and O–H groups in total. The highest BCUT2D eigenvalue weighted by Gasteiger charge is 2.16. The Morgan fingerprint density at radius 1 is 1.20 bits per heavy atom. The van der Waals surface area contributed by atoms with Crippen molar-refractivity contribution in [1.29, 1.82) is 0 Å². The lowest BCUT2D eigenvalue weighted by molar-refractivity contribution is 0.0931. The first-order chi connectivity index (χ1) is 9.49. The Morgan fingerprint density at radius 2 is 1.85 bits per heavy atom. The zero-order chi connectivity index (χ0) is 14.7. The highest BCUT2D eigenvalue weighted by atomic mass is 16.2. The van der Waals surface area contributed by atoms with Crippen LogP contribution in [0.15, 0.2) is 42.6 Å². The van der Waals surface area contributed by atoms with Crippen LogP contribution in [0.2, 0.25) is 0 Å². The van der Waals surface area contributed by atoms with Gasteiger partial charge in [0.15, 0.2) is 5.78 Å². The largest absolute Gasteiger partial charge is 0.346 e. The minimum absolute atomic E-state index is 0.0456. The smallest absolute Gasteiger partial charge is 0.268 e. The van der Waals surface area contributed by atoms with Crippen molar-refractivity contribution in [2.75, 3.05) is 0 Å². The van der Waals surface area contributed by atoms with Gasteiger partial charge in [-0.3, -0.25) is 9.59 Å². The van der Waals surface area contributed by atoms with Gasteiger partial charge in [-0.2, -0.15) is 0 Å². The zero-order valence-corrected chi connectivity index (χ0v) is 11.9. The molecule has 104 valence electrons. The predicted octanol–water partition coefficient (Wildman–Crippen LogP) is 2.72. The van der Waals surface area contributed by atoms with E-state index in [2.05, 4.69) is 5.32 Å². The van der Waals surface area contributed by atoms with Crippen LogP contribution >= 0.6 is 0 Å². The molecule has 4 heteroatoms. The molecule has 0 aliphatic rings. The first kappa shape index (κ1) is 14.1. The lowest BCUT2D eigenvalue weighted by Crippen LogP contribution is -2.28. The molecule has 1 aromatic heterocycles. The standard InChI is InChI=1S/C16H18N2O2/c1-11(13-7-5-4-6-8-13)17-16(20)15-9-14(12(2)19)10-18(15)3/h4-11H,1-3H3,(H,17,20). The van der Waals surface area contributed by atoms with E-state index in [1.54, 1.807) is 23.9 Å². The van der Waals surface area contributed by atoms with E-state index < -0.39 is 0 Å². The van der Waals surface area contributed by atoms with Crippen molar-refractivity contribution < 1.29 is 9.59 Å². The van der Waals surface area contributed by atoms with Gasteiger partial charge < -0.3 is 9.88 Å². The fourth-order valence-corrected chi connectivity index (χ4v) is 2.08. The molecule has 1 amide bonds. The second-order valence-electron chi connectivity index (χ2n) is 4.89. The van der Waals surface area contributed by atoms with Gasteiger partial charge in [0.2, 0.25) is 0 Å². The second-order valence-corrected chi connectivity index (χ2v) is 4.89. The molecule has 1 unspecified atom stereocenters. The summed E-state index contributed by atoms with van der Waals surface area (Å²) >= 11 is 0. The fraction of sp³-hybridized carbons (Fsp3) is 0.250. The average Bonchev–Trinajstić information content (AvgIpc) is 2.82. The van der Waals surface area contributed by atoms with E-state index in [1.807, 2.05) is 37.3 Å². The summed E-state index contributed by atoms with van der Waals surface area (Å²) in [5.74, 6) is -0.230. The minimum atomic E-state index is -0.184. The van der Waals surface area contributed by atoms with Crippen LogP contribution in [0.3, 0.4) is 0 Å². The molecule has 0 aliphatic carbocycles. The van der Waals surface area contributed by atoms with Gasteiger partial charge >= 0.3 is 0 Å². The molecule has 0 spiro atoms. The summed E-state index contributed by atoms with van der Waals surface area (Å²) in [6.45, 7) is 3.42. The summed E-state index contributed by atoms with van der Waals surface area (Å²) in [7, 11) is 1.76. The highest BCUT2D eigenvalue weighted by molar-refractivity contribution is 5.99. The van der Waals surface area contributed by atoms with Gasteiger partial charge in [-0.25, -0.2) is 0 Å². The molecule has 0 fully saturated rings. The van der Waals surface area contributed by atoms with Crippen LogP contribution in [0.5, 0.6) is 0 Å². The number of hydrogen-bond donors (Lipinski definition) is 1. The maximum absolute atomic E-state index is 12.2. The van der Waals surface area contributed by atoms with Gasteiger partial charge in [-0.05, 0) is 25.5 Å². The monoisotopic (exact) mass is 270 g/mol. The van der Waals surface area contributed by atoms with Crippen molar-refractivity contribution in [3.63, 3.8) is 0 Å². The van der Waals surface area contributed by atoms with Crippen molar-refractivity contribution in [2.24, 2.45) is 7.05 Å². The average molecular weight is 270 g/mol. The Morgan fingerprint density at radius 3 is 2.40 bits per heavy atom. The fourth-order valence-electron chi connectivity index (χ4n) is 2.08. The molecule has 0 saturated heterocycles. The van der Waals surface area contributed by atoms with Crippen molar-refractivity contribution in [2.45, 2.75) is 19.9 Å². The van der Waals surface area contributed by atoms with Crippen LogP contribution < -0.4 is 5.32 Å². The lowest BCUT2D eigenvalue weighted by Gasteiger charge is -2.14. The molecular formula is C16H18N2O2. The molecule has 0 saturated carbocycles. The van der Waals surface area contributed by atoms with Crippen LogP contribution in [-0.2, 0) is 7.05 Å². The molecule has 1 aromatic carbocycles. The van der Waals surface area contributed by atoms with Crippen LogP contribution in [-0.4, -0.2) is 16.3 Å². The minimum Gasteiger partial charge on any atom is -0.346 e. The summed E-state index contributed by atoms with van der Waals surface area (Å²) < 4.78 is 1.67. The van der Waals surface area contributed by atoms with Crippen molar-refractivity contribution >= 4 is 11.7 Å². The normalized spacial score (nSPS) is 11.9. The molecule has 0 radical (unpaired) electrons. The second kappa shape index (κ2) is 5.74. The Hall–Kier alpha value is -2.36. The van der Waals surface area contributed by atoms with E-state index in [1.165, 1.54) is 6.92 Å². The Kier molecular flexibility index (Phi) is 4.03. The van der Waals surface area contributed by atoms with Crippen LogP contribution in [0, 0.1) is 0 Å². The molecule has 4 nitrogen and oxygen atoms in total. The number of benzene rings is 1. The summed E-state index contributed by atoms with van der Waals surface area (Å²) in [6, 6.07) is 11.3. The predicted molar refractivity (Wildman–Crippen MR) is 77.7 cm³/mol. The maximum atomic E-state index is 12.2. The number of amides is 1. The molecule has 0 bridgehead atoms. The number of carbonyl (C=O) groups is 2. The van der Waals surface area contributed by atoms with Gasteiger partial charge in [0, 0.05) is 18.8 Å². The van der Waals surface area contributed by atoms with Gasteiger partial charge in [-0.1, -0.05) is 30.3 Å². The van der Waals surface area contributed by atoms with Gasteiger partial charge in [0.1, 0.15) is 5.69 Å². The summed E-state index contributed by atoms with van der Waals surface area (Å²) in [5.41, 5.74) is 2.07. The van der Waals surface area contributed by atoms with E-state index in [0.29, 0.717) is 11.3 Å². The van der Waals surface area contributed by atoms with Gasteiger partial charge in [0.25, 0.3) is 5.91 Å². The van der Waals surface area contributed by atoms with Crippen LogP contribution in [0.4, 0.5) is 0 Å². The third kappa shape index (κ3) is 2.96. The number of aryl methyl sites for hydroxylation is 1. The number of carbonyl (C=O) groups excluding carboxylic acids is 2. The Labute approximate surface area is 118 Å². The SMILES string of the molecule is CC(=O)c1cc(C(=O)NC(C)c2ccccc2)n(C)c1. The quantitative estimate of drug-likeness (QED) is 0.868. The van der Waals surface area contributed by atoms with E-state index >= 15 is 0 Å². The number of hydrogen-bond acceptors (Lipinski definition) is 2. The number of Topliss-reactive ketones (excluding diaryl/α,β-unsaturated/α-hetero) is 1. The zero-order valence-electron chi connectivity index (χ0n) is 11.9. The number of nitrogens with one attached hydrogen (secondary N) is 1. The van der Waals surface area contributed by atoms with Crippen molar-refractivity contribution in [1.82, 2.24) is 9.88 Å². The first-order valence-electron chi connectivity index (χ1n) is 6.52. The summed E-state index contributed by atoms with van der Waals surface area (Å²) in [4.78, 5) is 23.6. The number of aromatic nitrogens is 1. The highest BCUT2D eigenvalue weighted by Crippen LogP contribution is 2.14. The molecule has 1 heterocycles. The topological polar surface area (TPSA) is 51.1 Å². The number of nitrogens with zero attached hydrogens (tertiary/aromatic N) is 1. The summed E-state index contributed by atoms with van der Waals surface area (Å²) in [6.07, 6.45) is 1.67. The van der Waals surface area contributed by atoms with Crippen molar-refractivity contribution in [3.05, 3.63) is 59.4 Å². The van der Waals surface area contributed by atoms with E-state index in [9.17, 15) is 9.59 Å². The van der Waals surface area contributed by atoms with Crippen LogP contribution in [0.25, 0.3) is 0 Å². The number of rotatable bonds is 4. The van der Waals surface area contributed by atoms with Crippen LogP contribution in [0.1, 0.15) is 46.3 Å². The maximum Gasteiger partial charge on any atom is 0.268 e. The van der Waals surface area contributed by atoms with Gasteiger partial charge in [-0.15, -0.1) is 0 Å². The Balaban J connectivity index is 2.14. The van der Waals surface area contributed by atoms with E-state index in [4.69, 9.17) is 0 Å². The van der Waals surface area contributed by atoms with Crippen molar-refractivity contribution in [3.8, 4) is 0 Å². The first-order valence-corrected chi connectivity index (χ1v) is 6.52. The van der Waals surface area contributed by atoms with Gasteiger partial charge in [0.05, 0.1) is 6.04 Å². The molecular weight excluding hydrogens is 252 g/mol. The molecule has 20 heavy (non-hydrogen) atoms.